The minimum Gasteiger partial charge on any atom is -0.494 e. The van der Waals surface area contributed by atoms with E-state index in [1.165, 1.54) is 24.7 Å². The number of hydrogen-bond acceptors (Lipinski definition) is 9. The number of nitrogens with zero attached hydrogens (tertiary/aromatic N) is 1. The van der Waals surface area contributed by atoms with Gasteiger partial charge >= 0.3 is 10.8 Å². The first kappa shape index (κ1) is 28.4. The van der Waals surface area contributed by atoms with Gasteiger partial charge in [0.05, 0.1) is 24.4 Å². The van der Waals surface area contributed by atoms with Gasteiger partial charge in [-0.15, -0.1) is 0 Å². The van der Waals surface area contributed by atoms with Crippen molar-refractivity contribution in [1.82, 2.24) is 20.3 Å². The van der Waals surface area contributed by atoms with Crippen LogP contribution in [0.3, 0.4) is 0 Å². The lowest BCUT2D eigenvalue weighted by molar-refractivity contribution is -0.145. The number of aromatic amines is 2. The van der Waals surface area contributed by atoms with E-state index in [0.717, 1.165) is 36.1 Å². The number of halogens is 2. The van der Waals surface area contributed by atoms with Crippen LogP contribution in [0.15, 0.2) is 53.7 Å². The van der Waals surface area contributed by atoms with Crippen molar-refractivity contribution < 1.29 is 33.0 Å². The zero-order chi connectivity index (χ0) is 28.8. The fourth-order valence-electron chi connectivity index (χ4n) is 3.85. The van der Waals surface area contributed by atoms with Gasteiger partial charge in [0.25, 0.3) is 0 Å². The summed E-state index contributed by atoms with van der Waals surface area (Å²) in [5.74, 6) is -4.23. The standard InChI is InChI=1S/C26H25F2N5O6S/c1-38-25(36)20(32-23(34)19(29)10-15-11-30-12-31-15)8-14-6-17(27)22(18(28)7-14)39-16-4-2-13(3-5-16)9-21-24(35)33-26(37)40-21/h2-7,11-12,19-20,35H,8-10,29H2,1H3,(H,30,31)(H,32,34)(H,33,37). The first-order valence-electron chi connectivity index (χ1n) is 11.9. The fraction of sp³-hybridized carbons (Fsp3) is 0.231. The molecule has 2 atom stereocenters. The minimum atomic E-state index is -1.25. The summed E-state index contributed by atoms with van der Waals surface area (Å²) in [5.41, 5.74) is 7.33. The third-order valence-corrected chi connectivity index (χ3v) is 6.71. The van der Waals surface area contributed by atoms with Crippen LogP contribution in [-0.2, 0) is 33.6 Å². The molecule has 2 unspecified atom stereocenters. The quantitative estimate of drug-likeness (QED) is 0.170. The Kier molecular flexibility index (Phi) is 8.91. The minimum absolute atomic E-state index is 0.0702. The molecule has 0 saturated heterocycles. The molecular formula is C26H25F2N5O6S. The van der Waals surface area contributed by atoms with E-state index in [-0.39, 0.29) is 41.3 Å². The van der Waals surface area contributed by atoms with E-state index >= 15 is 0 Å². The summed E-state index contributed by atoms with van der Waals surface area (Å²) in [5, 5.41) is 12.2. The molecule has 1 amide bonds. The Morgan fingerprint density at radius 3 is 2.42 bits per heavy atom. The fourth-order valence-corrected chi connectivity index (χ4v) is 4.61. The number of esters is 1. The van der Waals surface area contributed by atoms with Crippen molar-refractivity contribution in [3.63, 3.8) is 0 Å². The number of aromatic hydroxyl groups is 1. The van der Waals surface area contributed by atoms with Gasteiger partial charge in [0.2, 0.25) is 11.8 Å². The van der Waals surface area contributed by atoms with Crippen LogP contribution >= 0.6 is 11.3 Å². The lowest BCUT2D eigenvalue weighted by Gasteiger charge is -2.19. The molecule has 40 heavy (non-hydrogen) atoms. The van der Waals surface area contributed by atoms with E-state index in [2.05, 4.69) is 20.3 Å². The summed E-state index contributed by atoms with van der Waals surface area (Å²) in [6, 6.07) is 5.97. The van der Waals surface area contributed by atoms with Crippen LogP contribution in [0.4, 0.5) is 8.78 Å². The van der Waals surface area contributed by atoms with E-state index in [4.69, 9.17) is 15.2 Å². The molecule has 11 nitrogen and oxygen atoms in total. The summed E-state index contributed by atoms with van der Waals surface area (Å²) in [7, 11) is 1.12. The Labute approximate surface area is 230 Å². The third kappa shape index (κ3) is 7.09. The van der Waals surface area contributed by atoms with Gasteiger partial charge in [0.15, 0.2) is 17.4 Å². The van der Waals surface area contributed by atoms with E-state index in [9.17, 15) is 28.3 Å². The van der Waals surface area contributed by atoms with Crippen LogP contribution in [0, 0.1) is 11.6 Å². The highest BCUT2D eigenvalue weighted by atomic mass is 32.1. The molecule has 0 saturated carbocycles. The number of carbonyl (C=O) groups excluding carboxylic acids is 2. The predicted molar refractivity (Wildman–Crippen MR) is 140 cm³/mol. The first-order chi connectivity index (χ1) is 19.1. The molecule has 0 spiro atoms. The van der Waals surface area contributed by atoms with Crippen molar-refractivity contribution in [2.24, 2.45) is 5.73 Å². The van der Waals surface area contributed by atoms with Crippen molar-refractivity contribution in [3.8, 4) is 17.4 Å². The highest BCUT2D eigenvalue weighted by Crippen LogP contribution is 2.30. The molecule has 0 aliphatic rings. The smallest absolute Gasteiger partial charge is 0.328 e. The second kappa shape index (κ2) is 12.5. The molecule has 0 fully saturated rings. The normalized spacial score (nSPS) is 12.5. The number of H-pyrrole nitrogens is 2. The van der Waals surface area contributed by atoms with Crippen LogP contribution in [-0.4, -0.2) is 51.1 Å². The van der Waals surface area contributed by atoms with Gasteiger partial charge in [-0.3, -0.25) is 14.6 Å². The van der Waals surface area contributed by atoms with Crippen molar-refractivity contribution in [2.45, 2.75) is 31.3 Å². The number of carbonyl (C=O) groups is 2. The number of thiazole rings is 1. The van der Waals surface area contributed by atoms with Crippen molar-refractivity contribution in [1.29, 1.82) is 0 Å². The number of hydrogen-bond donors (Lipinski definition) is 5. The van der Waals surface area contributed by atoms with Gasteiger partial charge in [-0.05, 0) is 35.4 Å². The molecule has 2 aromatic heterocycles. The lowest BCUT2D eigenvalue weighted by atomic mass is 10.0. The number of amides is 1. The molecule has 0 aliphatic carbocycles. The zero-order valence-corrected chi connectivity index (χ0v) is 21.9. The second-order valence-electron chi connectivity index (χ2n) is 8.77. The van der Waals surface area contributed by atoms with Gasteiger partial charge in [-0.1, -0.05) is 23.5 Å². The molecule has 0 aliphatic heterocycles. The van der Waals surface area contributed by atoms with Crippen molar-refractivity contribution in [3.05, 3.63) is 91.9 Å². The predicted octanol–water partition coefficient (Wildman–Crippen LogP) is 2.30. The molecule has 0 bridgehead atoms. The number of nitrogens with two attached hydrogens (primary N) is 1. The summed E-state index contributed by atoms with van der Waals surface area (Å²) in [6.45, 7) is 0. The van der Waals surface area contributed by atoms with Crippen molar-refractivity contribution in [2.75, 3.05) is 7.11 Å². The molecule has 14 heteroatoms. The number of methoxy groups -OCH3 is 1. The van der Waals surface area contributed by atoms with Crippen LogP contribution in [0.5, 0.6) is 17.4 Å². The average molecular weight is 574 g/mol. The largest absolute Gasteiger partial charge is 0.494 e. The molecule has 2 heterocycles. The van der Waals surface area contributed by atoms with Gasteiger partial charge in [0.1, 0.15) is 11.8 Å². The van der Waals surface area contributed by atoms with Crippen LogP contribution < -0.4 is 20.7 Å². The van der Waals surface area contributed by atoms with E-state index < -0.39 is 41.3 Å². The highest BCUT2D eigenvalue weighted by Gasteiger charge is 2.26. The summed E-state index contributed by atoms with van der Waals surface area (Å²) >= 11 is 0.880. The SMILES string of the molecule is COC(=O)C(Cc1cc(F)c(Oc2ccc(Cc3sc(=O)[nH]c3O)cc2)c(F)c1)NC(=O)C(N)Cc1cnc[nH]1. The highest BCUT2D eigenvalue weighted by molar-refractivity contribution is 7.09. The van der Waals surface area contributed by atoms with E-state index in [1.54, 1.807) is 12.1 Å². The molecule has 0 radical (unpaired) electrons. The number of aromatic nitrogens is 3. The third-order valence-electron chi connectivity index (χ3n) is 5.84. The van der Waals surface area contributed by atoms with E-state index in [0.29, 0.717) is 10.6 Å². The number of rotatable bonds is 11. The molecule has 6 N–H and O–H groups in total. The lowest BCUT2D eigenvalue weighted by Crippen LogP contribution is -2.50. The maximum Gasteiger partial charge on any atom is 0.328 e. The maximum absolute atomic E-state index is 14.9. The molecule has 2 aromatic carbocycles. The molecular weight excluding hydrogens is 548 g/mol. The number of nitrogens with one attached hydrogen (secondary N) is 3. The Balaban J connectivity index is 1.42. The monoisotopic (exact) mass is 573 g/mol. The maximum atomic E-state index is 14.9. The van der Waals surface area contributed by atoms with Gasteiger partial charge < -0.3 is 30.6 Å². The average Bonchev–Trinajstić information content (AvgIpc) is 3.54. The topological polar surface area (TPSA) is 172 Å². The molecule has 210 valence electrons. The van der Waals surface area contributed by atoms with Gasteiger partial charge in [-0.2, -0.15) is 0 Å². The Morgan fingerprint density at radius 2 is 1.85 bits per heavy atom. The zero-order valence-electron chi connectivity index (χ0n) is 21.1. The number of ether oxygens (including phenoxy) is 2. The van der Waals surface area contributed by atoms with Crippen molar-refractivity contribution >= 4 is 23.2 Å². The van der Waals surface area contributed by atoms with E-state index in [1.807, 2.05) is 0 Å². The van der Waals surface area contributed by atoms with Crippen LogP contribution in [0.1, 0.15) is 21.7 Å². The number of benzene rings is 2. The number of imidazole rings is 1. The molecule has 4 rings (SSSR count). The second-order valence-corrected chi connectivity index (χ2v) is 9.84. The Bertz CT molecular complexity index is 1510. The summed E-state index contributed by atoms with van der Waals surface area (Å²) in [6.07, 6.45) is 3.08. The van der Waals surface area contributed by atoms with Crippen LogP contribution in [0.25, 0.3) is 0 Å². The van der Waals surface area contributed by atoms with Crippen LogP contribution in [0.2, 0.25) is 0 Å². The first-order valence-corrected chi connectivity index (χ1v) is 12.7. The summed E-state index contributed by atoms with van der Waals surface area (Å²) < 4.78 is 39.9. The Morgan fingerprint density at radius 1 is 1.15 bits per heavy atom. The molecule has 4 aromatic rings. The summed E-state index contributed by atoms with van der Waals surface area (Å²) in [4.78, 5) is 45.2. The Hall–Kier alpha value is -4.56. The van der Waals surface area contributed by atoms with Gasteiger partial charge in [0, 0.05) is 31.2 Å². The van der Waals surface area contributed by atoms with Gasteiger partial charge in [-0.25, -0.2) is 18.6 Å².